The van der Waals surface area contributed by atoms with Gasteiger partial charge < -0.3 is 19.5 Å². The molecule has 0 bridgehead atoms. The summed E-state index contributed by atoms with van der Waals surface area (Å²) >= 11 is 0. The summed E-state index contributed by atoms with van der Waals surface area (Å²) in [7, 11) is 0. The molecule has 0 aliphatic carbocycles. The van der Waals surface area contributed by atoms with Gasteiger partial charge in [0, 0.05) is 37.3 Å². The Bertz CT molecular complexity index is 706. The maximum atomic E-state index is 12.3. The van der Waals surface area contributed by atoms with E-state index in [4.69, 9.17) is 14.2 Å². The molecule has 26 heavy (non-hydrogen) atoms. The van der Waals surface area contributed by atoms with Crippen LogP contribution < -0.4 is 14.8 Å². The van der Waals surface area contributed by atoms with Gasteiger partial charge in [-0.05, 0) is 45.4 Å². The summed E-state index contributed by atoms with van der Waals surface area (Å²) in [5.74, 6) is 1.03. The van der Waals surface area contributed by atoms with Crippen LogP contribution >= 0.6 is 0 Å². The first kappa shape index (κ1) is 19.8. The molecule has 0 spiro atoms. The van der Waals surface area contributed by atoms with E-state index in [-0.39, 0.29) is 11.7 Å². The Hall–Kier alpha value is -2.52. The smallest absolute Gasteiger partial charge is 0.261 e. The number of hydrogen-bond donors (Lipinski definition) is 1. The number of carbonyl (C=O) groups is 1. The van der Waals surface area contributed by atoms with Crippen molar-refractivity contribution in [3.05, 3.63) is 28.8 Å². The third-order valence-corrected chi connectivity index (χ3v) is 3.95. The van der Waals surface area contributed by atoms with E-state index in [0.29, 0.717) is 44.1 Å². The Labute approximate surface area is 154 Å². The summed E-state index contributed by atoms with van der Waals surface area (Å²) < 4.78 is 16.7. The molecule has 0 saturated carbocycles. The molecule has 0 saturated heterocycles. The number of nitriles is 1. The topological polar surface area (TPSA) is 80.6 Å². The fourth-order valence-corrected chi connectivity index (χ4v) is 2.77. The molecule has 1 amide bonds. The molecular weight excluding hydrogens is 332 g/mol. The number of nitrogens with one attached hydrogen (secondary N) is 1. The van der Waals surface area contributed by atoms with Crippen LogP contribution in [0.3, 0.4) is 0 Å². The Morgan fingerprint density at radius 3 is 2.92 bits per heavy atom. The number of nitrogens with zero attached hydrogens (tertiary/aromatic N) is 1. The molecule has 0 aromatic heterocycles. The van der Waals surface area contributed by atoms with E-state index in [0.717, 1.165) is 17.7 Å². The average molecular weight is 358 g/mol. The Balaban J connectivity index is 2.15. The van der Waals surface area contributed by atoms with Gasteiger partial charge in [-0.15, -0.1) is 0 Å². The fourth-order valence-electron chi connectivity index (χ4n) is 2.77. The predicted octanol–water partition coefficient (Wildman–Crippen LogP) is 2.86. The molecule has 1 N–H and O–H groups in total. The summed E-state index contributed by atoms with van der Waals surface area (Å²) in [5.41, 5.74) is 1.78. The molecule has 1 aliphatic rings. The quantitative estimate of drug-likeness (QED) is 0.417. The predicted molar refractivity (Wildman–Crippen MR) is 99.1 cm³/mol. The number of hydrogen-bond acceptors (Lipinski definition) is 5. The first-order valence-electron chi connectivity index (χ1n) is 9.03. The van der Waals surface area contributed by atoms with Crippen molar-refractivity contribution >= 4 is 12.0 Å². The van der Waals surface area contributed by atoms with Crippen molar-refractivity contribution in [2.75, 3.05) is 26.4 Å². The molecule has 6 heteroatoms. The zero-order valence-corrected chi connectivity index (χ0v) is 15.6. The van der Waals surface area contributed by atoms with Gasteiger partial charge in [0.05, 0.1) is 6.61 Å². The van der Waals surface area contributed by atoms with Crippen LogP contribution in [0, 0.1) is 11.3 Å². The van der Waals surface area contributed by atoms with Gasteiger partial charge in [-0.2, -0.15) is 5.26 Å². The van der Waals surface area contributed by atoms with Crippen LogP contribution in [0.2, 0.25) is 0 Å². The van der Waals surface area contributed by atoms with Gasteiger partial charge in [0.2, 0.25) is 0 Å². The van der Waals surface area contributed by atoms with Crippen molar-refractivity contribution in [2.24, 2.45) is 0 Å². The maximum Gasteiger partial charge on any atom is 0.261 e. The van der Waals surface area contributed by atoms with Gasteiger partial charge in [-0.1, -0.05) is 0 Å². The lowest BCUT2D eigenvalue weighted by molar-refractivity contribution is -0.117. The SMILES string of the molecule is CCOCCCNC(=O)/C(C#N)=C/c1cc2c(cc1OCC)CC(C)O2. The molecule has 1 aromatic carbocycles. The van der Waals surface area contributed by atoms with Gasteiger partial charge >= 0.3 is 0 Å². The molecule has 1 heterocycles. The molecule has 1 aromatic rings. The number of carbonyl (C=O) groups excluding carboxylic acids is 1. The second-order valence-corrected chi connectivity index (χ2v) is 6.04. The highest BCUT2D eigenvalue weighted by Crippen LogP contribution is 2.36. The second kappa shape index (κ2) is 9.83. The molecule has 6 nitrogen and oxygen atoms in total. The van der Waals surface area contributed by atoms with Crippen LogP contribution in [-0.2, 0) is 16.0 Å². The van der Waals surface area contributed by atoms with E-state index >= 15 is 0 Å². The summed E-state index contributed by atoms with van der Waals surface area (Å²) in [6.07, 6.45) is 3.19. The lowest BCUT2D eigenvalue weighted by atomic mass is 10.0. The molecule has 0 fully saturated rings. The summed E-state index contributed by atoms with van der Waals surface area (Å²) in [6.45, 7) is 8.02. The van der Waals surface area contributed by atoms with Crippen LogP contribution in [0.15, 0.2) is 17.7 Å². The van der Waals surface area contributed by atoms with Crippen LogP contribution in [0.5, 0.6) is 11.5 Å². The highest BCUT2D eigenvalue weighted by Gasteiger charge is 2.22. The van der Waals surface area contributed by atoms with Gasteiger partial charge in [0.15, 0.2) is 0 Å². The number of rotatable bonds is 9. The van der Waals surface area contributed by atoms with Gasteiger partial charge in [-0.3, -0.25) is 4.79 Å². The van der Waals surface area contributed by atoms with Gasteiger partial charge in [0.25, 0.3) is 5.91 Å². The zero-order chi connectivity index (χ0) is 18.9. The number of fused-ring (bicyclic) bond motifs is 1. The standard InChI is InChI=1S/C20H26N2O4/c1-4-24-8-6-7-22-20(23)17(13-21)10-16-12-19-15(9-14(3)26-19)11-18(16)25-5-2/h10-12,14H,4-9H2,1-3H3,(H,22,23)/b17-10+. The van der Waals surface area contributed by atoms with Crippen LogP contribution in [0.1, 0.15) is 38.3 Å². The van der Waals surface area contributed by atoms with Crippen molar-refractivity contribution in [3.63, 3.8) is 0 Å². The highest BCUT2D eigenvalue weighted by atomic mass is 16.5. The number of ether oxygens (including phenoxy) is 3. The van der Waals surface area contributed by atoms with Crippen molar-refractivity contribution < 1.29 is 19.0 Å². The highest BCUT2D eigenvalue weighted by molar-refractivity contribution is 6.02. The van der Waals surface area contributed by atoms with E-state index in [1.807, 2.05) is 39.0 Å². The second-order valence-electron chi connectivity index (χ2n) is 6.04. The van der Waals surface area contributed by atoms with E-state index in [1.165, 1.54) is 0 Å². The Morgan fingerprint density at radius 2 is 2.23 bits per heavy atom. The van der Waals surface area contributed by atoms with Crippen molar-refractivity contribution in [1.29, 1.82) is 5.26 Å². The molecule has 1 unspecified atom stereocenters. The van der Waals surface area contributed by atoms with Crippen LogP contribution in [0.4, 0.5) is 0 Å². The van der Waals surface area contributed by atoms with E-state index in [1.54, 1.807) is 6.08 Å². The first-order valence-corrected chi connectivity index (χ1v) is 9.03. The Kier molecular flexibility index (Phi) is 7.49. The molecule has 2 rings (SSSR count). The minimum Gasteiger partial charge on any atom is -0.493 e. The van der Waals surface area contributed by atoms with Gasteiger partial charge in [-0.25, -0.2) is 0 Å². The van der Waals surface area contributed by atoms with E-state index in [2.05, 4.69) is 5.32 Å². The average Bonchev–Trinajstić information content (AvgIpc) is 2.98. The monoisotopic (exact) mass is 358 g/mol. The van der Waals surface area contributed by atoms with Crippen LogP contribution in [0.25, 0.3) is 6.08 Å². The Morgan fingerprint density at radius 1 is 1.42 bits per heavy atom. The summed E-state index contributed by atoms with van der Waals surface area (Å²) in [4.78, 5) is 12.3. The third-order valence-electron chi connectivity index (χ3n) is 3.95. The van der Waals surface area contributed by atoms with Crippen molar-refractivity contribution in [3.8, 4) is 17.6 Å². The van der Waals surface area contributed by atoms with Crippen LogP contribution in [-0.4, -0.2) is 38.4 Å². The van der Waals surface area contributed by atoms with E-state index < -0.39 is 5.91 Å². The largest absolute Gasteiger partial charge is 0.493 e. The first-order chi connectivity index (χ1) is 12.6. The molecule has 1 atom stereocenters. The molecule has 0 radical (unpaired) electrons. The van der Waals surface area contributed by atoms with E-state index in [9.17, 15) is 10.1 Å². The fraction of sp³-hybridized carbons (Fsp3) is 0.500. The number of benzene rings is 1. The summed E-state index contributed by atoms with van der Waals surface area (Å²) in [5, 5.41) is 12.1. The minimum atomic E-state index is -0.402. The van der Waals surface area contributed by atoms with Crippen molar-refractivity contribution in [1.82, 2.24) is 5.32 Å². The molecule has 1 aliphatic heterocycles. The number of amides is 1. The molecule has 140 valence electrons. The lowest BCUT2D eigenvalue weighted by Gasteiger charge is -2.11. The van der Waals surface area contributed by atoms with Gasteiger partial charge in [0.1, 0.15) is 29.2 Å². The maximum absolute atomic E-state index is 12.3. The molecular formula is C20H26N2O4. The summed E-state index contributed by atoms with van der Waals surface area (Å²) in [6, 6.07) is 5.74. The lowest BCUT2D eigenvalue weighted by Crippen LogP contribution is -2.26. The minimum absolute atomic E-state index is 0.0355. The zero-order valence-electron chi connectivity index (χ0n) is 15.6. The normalized spacial score (nSPS) is 15.8. The third kappa shape index (κ3) is 5.24. The van der Waals surface area contributed by atoms with Crippen molar-refractivity contribution in [2.45, 2.75) is 39.7 Å².